The van der Waals surface area contributed by atoms with Crippen LogP contribution in [0.2, 0.25) is 0 Å². The Bertz CT molecular complexity index is 315. The minimum Gasteiger partial charge on any atom is -0.378 e. The molecule has 1 saturated heterocycles. The first-order valence-corrected chi connectivity index (χ1v) is 9.19. The molecule has 0 radical (unpaired) electrons. The van der Waals surface area contributed by atoms with E-state index in [0.29, 0.717) is 16.8 Å². The minimum atomic E-state index is 0.323. The molecule has 1 fully saturated rings. The zero-order valence-electron chi connectivity index (χ0n) is 14.4. The van der Waals surface area contributed by atoms with Crippen molar-refractivity contribution < 1.29 is 4.74 Å². The smallest absolute Gasteiger partial charge is 0.191 e. The van der Waals surface area contributed by atoms with Crippen molar-refractivity contribution in [2.45, 2.75) is 57.8 Å². The van der Waals surface area contributed by atoms with E-state index < -0.39 is 0 Å². The highest BCUT2D eigenvalue weighted by atomic mass is 32.2. The summed E-state index contributed by atoms with van der Waals surface area (Å²) >= 11 is 2.07. The minimum absolute atomic E-state index is 0.323. The lowest BCUT2D eigenvalue weighted by atomic mass is 10.0. The molecule has 0 aromatic carbocycles. The Hall–Kier alpha value is -0.420. The van der Waals surface area contributed by atoms with E-state index in [1.807, 2.05) is 7.05 Å². The maximum Gasteiger partial charge on any atom is 0.191 e. The first-order valence-electron chi connectivity index (χ1n) is 8.21. The second kappa shape index (κ2) is 9.57. The number of thioether (sulfide) groups is 1. The second-order valence-corrected chi connectivity index (χ2v) is 7.96. The highest BCUT2D eigenvalue weighted by molar-refractivity contribution is 8.00. The summed E-state index contributed by atoms with van der Waals surface area (Å²) < 4.78 is 6.14. The van der Waals surface area contributed by atoms with Gasteiger partial charge in [0.15, 0.2) is 5.96 Å². The summed E-state index contributed by atoms with van der Waals surface area (Å²) in [7, 11) is 1.84. The van der Waals surface area contributed by atoms with Crippen molar-refractivity contribution in [2.24, 2.45) is 10.9 Å². The van der Waals surface area contributed by atoms with E-state index in [9.17, 15) is 0 Å². The fourth-order valence-corrected chi connectivity index (χ4v) is 3.87. The average molecular weight is 316 g/mol. The van der Waals surface area contributed by atoms with Gasteiger partial charge in [0.1, 0.15) is 0 Å². The van der Waals surface area contributed by atoms with Gasteiger partial charge in [-0.3, -0.25) is 4.99 Å². The molecule has 0 bridgehead atoms. The maximum atomic E-state index is 5.77. The summed E-state index contributed by atoms with van der Waals surface area (Å²) in [5.74, 6) is 2.74. The Morgan fingerprint density at radius 1 is 1.38 bits per heavy atom. The molecule has 0 aromatic rings. The number of ether oxygens (including phenoxy) is 1. The van der Waals surface area contributed by atoms with Crippen LogP contribution in [-0.2, 0) is 4.74 Å². The summed E-state index contributed by atoms with van der Waals surface area (Å²) in [6, 6.07) is 0. The molecule has 0 saturated carbocycles. The zero-order valence-corrected chi connectivity index (χ0v) is 15.2. The van der Waals surface area contributed by atoms with Gasteiger partial charge < -0.3 is 15.4 Å². The Morgan fingerprint density at radius 2 is 2.14 bits per heavy atom. The number of hydrogen-bond acceptors (Lipinski definition) is 3. The van der Waals surface area contributed by atoms with Crippen molar-refractivity contribution in [2.75, 3.05) is 32.5 Å². The van der Waals surface area contributed by atoms with Gasteiger partial charge in [0, 0.05) is 31.5 Å². The molecule has 0 amide bonds. The predicted octanol–water partition coefficient (Wildman–Crippen LogP) is 2.89. The van der Waals surface area contributed by atoms with E-state index >= 15 is 0 Å². The number of nitrogens with one attached hydrogen (secondary N) is 2. The van der Waals surface area contributed by atoms with Crippen molar-refractivity contribution in [1.29, 1.82) is 0 Å². The topological polar surface area (TPSA) is 45.6 Å². The van der Waals surface area contributed by atoms with Crippen molar-refractivity contribution in [3.63, 3.8) is 0 Å². The average Bonchev–Trinajstić information content (AvgIpc) is 2.88. The van der Waals surface area contributed by atoms with Gasteiger partial charge in [-0.2, -0.15) is 11.8 Å². The number of hydrogen-bond donors (Lipinski definition) is 2. The molecule has 124 valence electrons. The molecule has 1 aliphatic heterocycles. The SMILES string of the molecule is CCOC(CCNC(=NC)NCC1(C)CCCS1)C(C)C. The van der Waals surface area contributed by atoms with Gasteiger partial charge in [0.2, 0.25) is 0 Å². The fourth-order valence-electron chi connectivity index (χ4n) is 2.62. The van der Waals surface area contributed by atoms with Gasteiger partial charge in [-0.15, -0.1) is 0 Å². The molecule has 0 aliphatic carbocycles. The fraction of sp³-hybridized carbons (Fsp3) is 0.938. The molecule has 0 spiro atoms. The number of nitrogens with zero attached hydrogens (tertiary/aromatic N) is 1. The highest BCUT2D eigenvalue weighted by Crippen LogP contribution is 2.36. The number of guanidine groups is 1. The summed E-state index contributed by atoms with van der Waals surface area (Å²) in [6.07, 6.45) is 3.96. The molecule has 2 atom stereocenters. The van der Waals surface area contributed by atoms with Crippen LogP contribution in [0.5, 0.6) is 0 Å². The van der Waals surface area contributed by atoms with E-state index in [4.69, 9.17) is 4.74 Å². The van der Waals surface area contributed by atoms with E-state index in [2.05, 4.69) is 55.1 Å². The molecular formula is C16H33N3OS. The van der Waals surface area contributed by atoms with E-state index in [1.165, 1.54) is 18.6 Å². The third-order valence-corrected chi connectivity index (χ3v) is 5.54. The highest BCUT2D eigenvalue weighted by Gasteiger charge is 2.29. The lowest BCUT2D eigenvalue weighted by molar-refractivity contribution is 0.0258. The Kier molecular flexibility index (Phi) is 8.49. The molecular weight excluding hydrogens is 282 g/mol. The molecule has 1 heterocycles. The van der Waals surface area contributed by atoms with Gasteiger partial charge in [-0.25, -0.2) is 0 Å². The number of aliphatic imine (C=N–C) groups is 1. The molecule has 1 rings (SSSR count). The van der Waals surface area contributed by atoms with Gasteiger partial charge in [0.05, 0.1) is 6.10 Å². The molecule has 4 nitrogen and oxygen atoms in total. The van der Waals surface area contributed by atoms with Gasteiger partial charge in [-0.05, 0) is 44.8 Å². The van der Waals surface area contributed by atoms with Crippen LogP contribution in [0.3, 0.4) is 0 Å². The standard InChI is InChI=1S/C16H33N3OS/c1-6-20-14(13(2)3)8-10-18-15(17-5)19-12-16(4)9-7-11-21-16/h13-14H,6-12H2,1-5H3,(H2,17,18,19). The third kappa shape index (κ3) is 6.92. The first-order chi connectivity index (χ1) is 10.0. The molecule has 2 unspecified atom stereocenters. The van der Waals surface area contributed by atoms with Crippen LogP contribution in [0.15, 0.2) is 4.99 Å². The first kappa shape index (κ1) is 18.6. The summed E-state index contributed by atoms with van der Waals surface area (Å²) in [4.78, 5) is 4.31. The van der Waals surface area contributed by atoms with Gasteiger partial charge >= 0.3 is 0 Å². The third-order valence-electron chi connectivity index (χ3n) is 4.00. The summed E-state index contributed by atoms with van der Waals surface area (Å²) in [5.41, 5.74) is 0. The quantitative estimate of drug-likeness (QED) is 0.534. The zero-order chi connectivity index (χ0) is 15.7. The molecule has 21 heavy (non-hydrogen) atoms. The normalized spacial score (nSPS) is 24.4. The Morgan fingerprint density at radius 3 is 2.67 bits per heavy atom. The lowest BCUT2D eigenvalue weighted by Crippen LogP contribution is -2.44. The summed E-state index contributed by atoms with van der Waals surface area (Å²) in [6.45, 7) is 11.5. The lowest BCUT2D eigenvalue weighted by Gasteiger charge is -2.25. The maximum absolute atomic E-state index is 5.77. The van der Waals surface area contributed by atoms with Crippen LogP contribution >= 0.6 is 11.8 Å². The van der Waals surface area contributed by atoms with Crippen LogP contribution < -0.4 is 10.6 Å². The van der Waals surface area contributed by atoms with E-state index in [0.717, 1.165) is 32.1 Å². The van der Waals surface area contributed by atoms with Crippen LogP contribution in [0.4, 0.5) is 0 Å². The van der Waals surface area contributed by atoms with E-state index in [1.54, 1.807) is 0 Å². The van der Waals surface area contributed by atoms with Gasteiger partial charge in [0.25, 0.3) is 0 Å². The second-order valence-electron chi connectivity index (χ2n) is 6.28. The largest absolute Gasteiger partial charge is 0.378 e. The van der Waals surface area contributed by atoms with Crippen molar-refractivity contribution >= 4 is 17.7 Å². The molecule has 2 N–H and O–H groups in total. The molecule has 5 heteroatoms. The predicted molar refractivity (Wildman–Crippen MR) is 94.3 cm³/mol. The van der Waals surface area contributed by atoms with Crippen LogP contribution in [0.1, 0.15) is 47.0 Å². The van der Waals surface area contributed by atoms with Crippen molar-refractivity contribution in [3.8, 4) is 0 Å². The van der Waals surface area contributed by atoms with Crippen molar-refractivity contribution in [3.05, 3.63) is 0 Å². The summed E-state index contributed by atoms with van der Waals surface area (Å²) in [5, 5.41) is 6.87. The number of rotatable bonds is 8. The van der Waals surface area contributed by atoms with E-state index in [-0.39, 0.29) is 0 Å². The Balaban J connectivity index is 2.27. The molecule has 1 aliphatic rings. The van der Waals surface area contributed by atoms with Crippen LogP contribution in [0.25, 0.3) is 0 Å². The van der Waals surface area contributed by atoms with Crippen molar-refractivity contribution in [1.82, 2.24) is 10.6 Å². The van der Waals surface area contributed by atoms with Gasteiger partial charge in [-0.1, -0.05) is 13.8 Å². The van der Waals surface area contributed by atoms with Crippen LogP contribution in [-0.4, -0.2) is 49.3 Å². The van der Waals surface area contributed by atoms with Crippen LogP contribution in [0, 0.1) is 5.92 Å². The molecule has 0 aromatic heterocycles. The Labute approximate surface area is 134 Å². The monoisotopic (exact) mass is 315 g/mol.